The summed E-state index contributed by atoms with van der Waals surface area (Å²) in [6.45, 7) is 2.09. The van der Waals surface area contributed by atoms with Gasteiger partial charge < -0.3 is 5.11 Å². The molecule has 0 saturated carbocycles. The number of aromatic nitrogens is 1. The van der Waals surface area contributed by atoms with Crippen LogP contribution in [-0.2, 0) is 0 Å². The smallest absolute Gasteiger partial charge is 0.0898 e. The van der Waals surface area contributed by atoms with E-state index in [1.165, 1.54) is 10.5 Å². The Morgan fingerprint density at radius 2 is 1.86 bits per heavy atom. The maximum atomic E-state index is 10.4. The number of rotatable bonds is 4. The molecule has 21 heavy (non-hydrogen) atoms. The number of fused-ring (bicyclic) bond motifs is 1. The number of thioether (sulfide) groups is 1. The van der Waals surface area contributed by atoms with Crippen LogP contribution in [0, 0.1) is 6.92 Å². The molecule has 0 spiro atoms. The van der Waals surface area contributed by atoms with Crippen LogP contribution < -0.4 is 0 Å². The number of nitrogens with zero attached hydrogens (tertiary/aromatic N) is 1. The van der Waals surface area contributed by atoms with Crippen molar-refractivity contribution in [3.05, 3.63) is 71.9 Å². The van der Waals surface area contributed by atoms with Crippen LogP contribution in [0.25, 0.3) is 10.9 Å². The fourth-order valence-electron chi connectivity index (χ4n) is 2.25. The molecule has 0 bridgehead atoms. The first-order valence-corrected chi connectivity index (χ1v) is 7.94. The van der Waals surface area contributed by atoms with E-state index in [1.807, 2.05) is 42.5 Å². The van der Waals surface area contributed by atoms with Gasteiger partial charge in [-0.05, 0) is 30.7 Å². The van der Waals surface area contributed by atoms with Crippen molar-refractivity contribution >= 4 is 22.7 Å². The van der Waals surface area contributed by atoms with Crippen LogP contribution in [0.2, 0.25) is 0 Å². The Bertz CT molecular complexity index is 757. The molecule has 0 saturated heterocycles. The molecule has 2 nitrogen and oxygen atoms in total. The molecule has 0 radical (unpaired) electrons. The van der Waals surface area contributed by atoms with E-state index in [0.29, 0.717) is 5.75 Å². The number of hydrogen-bond acceptors (Lipinski definition) is 3. The first kappa shape index (κ1) is 14.1. The Morgan fingerprint density at radius 3 is 2.71 bits per heavy atom. The largest absolute Gasteiger partial charge is 0.387 e. The van der Waals surface area contributed by atoms with Crippen molar-refractivity contribution in [2.24, 2.45) is 0 Å². The van der Waals surface area contributed by atoms with Gasteiger partial charge in [-0.2, -0.15) is 0 Å². The van der Waals surface area contributed by atoms with Crippen molar-refractivity contribution in [1.82, 2.24) is 4.98 Å². The quantitative estimate of drug-likeness (QED) is 0.726. The van der Waals surface area contributed by atoms with Gasteiger partial charge in [-0.15, -0.1) is 11.8 Å². The summed E-state index contributed by atoms with van der Waals surface area (Å²) in [4.78, 5) is 5.62. The SMILES string of the molecule is Cc1ccccc1SCC(O)c1cnc2ccccc2c1. The number of aryl methyl sites for hydroxylation is 1. The molecule has 0 aliphatic rings. The summed E-state index contributed by atoms with van der Waals surface area (Å²) in [5, 5.41) is 11.4. The molecule has 1 atom stereocenters. The highest BCUT2D eigenvalue weighted by molar-refractivity contribution is 7.99. The average Bonchev–Trinajstić information content (AvgIpc) is 2.53. The van der Waals surface area contributed by atoms with Crippen LogP contribution in [0.5, 0.6) is 0 Å². The molecule has 3 rings (SSSR count). The van der Waals surface area contributed by atoms with Crippen molar-refractivity contribution in [3.8, 4) is 0 Å². The molecule has 1 unspecified atom stereocenters. The van der Waals surface area contributed by atoms with E-state index < -0.39 is 6.10 Å². The first-order chi connectivity index (χ1) is 10.2. The summed E-state index contributed by atoms with van der Waals surface area (Å²) in [7, 11) is 0. The number of hydrogen-bond donors (Lipinski definition) is 1. The zero-order valence-corrected chi connectivity index (χ0v) is 12.7. The Balaban J connectivity index is 1.75. The maximum Gasteiger partial charge on any atom is 0.0898 e. The topological polar surface area (TPSA) is 33.1 Å². The third-order valence-corrected chi connectivity index (χ3v) is 4.74. The van der Waals surface area contributed by atoms with Gasteiger partial charge in [-0.3, -0.25) is 4.98 Å². The summed E-state index contributed by atoms with van der Waals surface area (Å²) >= 11 is 1.68. The summed E-state index contributed by atoms with van der Waals surface area (Å²) in [5.74, 6) is 0.630. The molecule has 3 aromatic rings. The van der Waals surface area contributed by atoms with E-state index in [2.05, 4.69) is 24.0 Å². The Hall–Kier alpha value is -1.84. The molecule has 0 amide bonds. The number of para-hydroxylation sites is 1. The zero-order chi connectivity index (χ0) is 14.7. The fourth-order valence-corrected chi connectivity index (χ4v) is 3.25. The molecule has 1 heterocycles. The summed E-state index contributed by atoms with van der Waals surface area (Å²) in [5.41, 5.74) is 3.07. The van der Waals surface area contributed by atoms with Gasteiger partial charge in [0.25, 0.3) is 0 Å². The lowest BCUT2D eigenvalue weighted by Crippen LogP contribution is -2.01. The van der Waals surface area contributed by atoms with E-state index >= 15 is 0 Å². The minimum Gasteiger partial charge on any atom is -0.387 e. The molecule has 1 aromatic heterocycles. The number of aliphatic hydroxyl groups is 1. The molecule has 0 fully saturated rings. The molecule has 3 heteroatoms. The second kappa shape index (κ2) is 6.29. The molecule has 0 aliphatic heterocycles. The van der Waals surface area contributed by atoms with Crippen LogP contribution in [0.1, 0.15) is 17.2 Å². The van der Waals surface area contributed by atoms with Gasteiger partial charge >= 0.3 is 0 Å². The summed E-state index contributed by atoms with van der Waals surface area (Å²) < 4.78 is 0. The van der Waals surface area contributed by atoms with Gasteiger partial charge in [0.1, 0.15) is 0 Å². The van der Waals surface area contributed by atoms with Crippen LogP contribution in [0.3, 0.4) is 0 Å². The predicted octanol–water partition coefficient (Wildman–Crippen LogP) is 4.37. The Morgan fingerprint density at radius 1 is 1.10 bits per heavy atom. The Labute approximate surface area is 128 Å². The van der Waals surface area contributed by atoms with Crippen LogP contribution in [0.15, 0.2) is 65.7 Å². The van der Waals surface area contributed by atoms with Crippen LogP contribution in [0.4, 0.5) is 0 Å². The van der Waals surface area contributed by atoms with E-state index in [0.717, 1.165) is 16.5 Å². The minimum absolute atomic E-state index is 0.508. The lowest BCUT2D eigenvalue weighted by Gasteiger charge is -2.12. The number of pyridine rings is 1. The van der Waals surface area contributed by atoms with E-state index in [4.69, 9.17) is 0 Å². The van der Waals surface area contributed by atoms with Crippen LogP contribution >= 0.6 is 11.8 Å². The highest BCUT2D eigenvalue weighted by Crippen LogP contribution is 2.27. The molecule has 106 valence electrons. The van der Waals surface area contributed by atoms with E-state index in [-0.39, 0.29) is 0 Å². The lowest BCUT2D eigenvalue weighted by molar-refractivity contribution is 0.204. The number of benzene rings is 2. The van der Waals surface area contributed by atoms with Gasteiger partial charge in [0.15, 0.2) is 0 Å². The van der Waals surface area contributed by atoms with Crippen molar-refractivity contribution in [3.63, 3.8) is 0 Å². The van der Waals surface area contributed by atoms with Crippen LogP contribution in [-0.4, -0.2) is 15.8 Å². The van der Waals surface area contributed by atoms with E-state index in [9.17, 15) is 5.11 Å². The molecular formula is C18H17NOS. The third-order valence-electron chi connectivity index (χ3n) is 3.49. The standard InChI is InChI=1S/C18H17NOS/c1-13-6-2-5-9-18(13)21-12-17(20)15-10-14-7-3-4-8-16(14)19-11-15/h2-11,17,20H,12H2,1H3. The monoisotopic (exact) mass is 295 g/mol. The lowest BCUT2D eigenvalue weighted by atomic mass is 10.1. The van der Waals surface area contributed by atoms with Crippen molar-refractivity contribution in [1.29, 1.82) is 0 Å². The van der Waals surface area contributed by atoms with Crippen molar-refractivity contribution in [2.75, 3.05) is 5.75 Å². The van der Waals surface area contributed by atoms with E-state index in [1.54, 1.807) is 18.0 Å². The van der Waals surface area contributed by atoms with Gasteiger partial charge in [-0.1, -0.05) is 36.4 Å². The minimum atomic E-state index is -0.508. The van der Waals surface area contributed by atoms with Gasteiger partial charge in [-0.25, -0.2) is 0 Å². The van der Waals surface area contributed by atoms with Gasteiger partial charge in [0, 0.05) is 27.8 Å². The highest BCUT2D eigenvalue weighted by atomic mass is 32.2. The first-order valence-electron chi connectivity index (χ1n) is 6.95. The average molecular weight is 295 g/mol. The van der Waals surface area contributed by atoms with Crippen molar-refractivity contribution < 1.29 is 5.11 Å². The zero-order valence-electron chi connectivity index (χ0n) is 11.9. The number of aliphatic hydroxyl groups excluding tert-OH is 1. The second-order valence-electron chi connectivity index (χ2n) is 5.05. The highest BCUT2D eigenvalue weighted by Gasteiger charge is 2.10. The second-order valence-corrected chi connectivity index (χ2v) is 6.12. The summed E-state index contributed by atoms with van der Waals surface area (Å²) in [6, 6.07) is 18.2. The molecule has 2 aromatic carbocycles. The molecular weight excluding hydrogens is 278 g/mol. The van der Waals surface area contributed by atoms with Crippen molar-refractivity contribution in [2.45, 2.75) is 17.9 Å². The van der Waals surface area contributed by atoms with Gasteiger partial charge in [0.05, 0.1) is 11.6 Å². The predicted molar refractivity (Wildman–Crippen MR) is 88.6 cm³/mol. The van der Waals surface area contributed by atoms with Gasteiger partial charge in [0.2, 0.25) is 0 Å². The summed E-state index contributed by atoms with van der Waals surface area (Å²) in [6.07, 6.45) is 1.26. The fraction of sp³-hybridized carbons (Fsp3) is 0.167. The molecule has 0 aliphatic carbocycles. The third kappa shape index (κ3) is 3.26. The normalized spacial score (nSPS) is 12.5. The molecule has 1 N–H and O–H groups in total. The Kier molecular flexibility index (Phi) is 4.23. The maximum absolute atomic E-state index is 10.4.